The van der Waals surface area contributed by atoms with Crippen LogP contribution in [0, 0.1) is 5.92 Å². The minimum atomic E-state index is -3.35. The van der Waals surface area contributed by atoms with E-state index in [1.807, 2.05) is 20.8 Å². The van der Waals surface area contributed by atoms with Crippen LogP contribution in [0.25, 0.3) is 0 Å². The first kappa shape index (κ1) is 20.2. The molecule has 1 aromatic rings. The molecule has 0 aliphatic rings. The number of sulfone groups is 1. The Balaban J connectivity index is 3.07. The number of carbonyl (C=O) groups is 2. The molecule has 0 fully saturated rings. The van der Waals surface area contributed by atoms with Crippen molar-refractivity contribution in [2.75, 3.05) is 6.26 Å². The standard InChI is InChI=1S/C16H21ClO4S2/c1-10(18)13(15(19)22-16(2,3)4)8-11-6-7-12(9-14(11)17)23(5,20)21/h6-7,9,13H,8H2,1-5H3. The van der Waals surface area contributed by atoms with Crippen LogP contribution in [0.3, 0.4) is 0 Å². The van der Waals surface area contributed by atoms with E-state index in [1.165, 1.54) is 19.1 Å². The van der Waals surface area contributed by atoms with Gasteiger partial charge in [0.25, 0.3) is 0 Å². The minimum absolute atomic E-state index is 0.112. The maximum absolute atomic E-state index is 12.3. The van der Waals surface area contributed by atoms with Crippen molar-refractivity contribution in [1.82, 2.24) is 0 Å². The molecule has 0 aromatic heterocycles. The second kappa shape index (κ2) is 7.36. The molecule has 0 saturated carbocycles. The van der Waals surface area contributed by atoms with Gasteiger partial charge in [0.2, 0.25) is 0 Å². The summed E-state index contributed by atoms with van der Waals surface area (Å²) in [4.78, 5) is 24.3. The summed E-state index contributed by atoms with van der Waals surface area (Å²) in [7, 11) is -3.35. The van der Waals surface area contributed by atoms with Crippen molar-refractivity contribution in [3.8, 4) is 0 Å². The second-order valence-electron chi connectivity index (χ2n) is 6.43. The molecule has 0 aliphatic carbocycles. The van der Waals surface area contributed by atoms with Crippen molar-refractivity contribution in [2.24, 2.45) is 5.92 Å². The number of rotatable bonds is 5. The zero-order valence-corrected chi connectivity index (χ0v) is 16.2. The molecule has 0 spiro atoms. The van der Waals surface area contributed by atoms with E-state index in [9.17, 15) is 18.0 Å². The third kappa shape index (κ3) is 6.28. The van der Waals surface area contributed by atoms with Gasteiger partial charge in [-0.2, -0.15) is 0 Å². The summed E-state index contributed by atoms with van der Waals surface area (Å²) in [5.74, 6) is -1.02. The first-order valence-electron chi connectivity index (χ1n) is 7.03. The SMILES string of the molecule is CC(=O)C(Cc1ccc(S(C)(=O)=O)cc1Cl)C(=O)SC(C)(C)C. The highest BCUT2D eigenvalue weighted by atomic mass is 35.5. The van der Waals surface area contributed by atoms with E-state index < -0.39 is 15.8 Å². The van der Waals surface area contributed by atoms with Crippen molar-refractivity contribution in [2.45, 2.75) is 43.8 Å². The van der Waals surface area contributed by atoms with Crippen molar-refractivity contribution >= 4 is 44.1 Å². The summed E-state index contributed by atoms with van der Waals surface area (Å²) in [6.07, 6.45) is 1.26. The van der Waals surface area contributed by atoms with E-state index in [1.54, 1.807) is 6.07 Å². The Bertz CT molecular complexity index is 718. The van der Waals surface area contributed by atoms with E-state index >= 15 is 0 Å². The second-order valence-corrected chi connectivity index (χ2v) is 10.7. The summed E-state index contributed by atoms with van der Waals surface area (Å²) in [5.41, 5.74) is 0.585. The summed E-state index contributed by atoms with van der Waals surface area (Å²) in [6, 6.07) is 4.35. The van der Waals surface area contributed by atoms with Gasteiger partial charge in [-0.25, -0.2) is 8.42 Å². The third-order valence-electron chi connectivity index (χ3n) is 3.06. The van der Waals surface area contributed by atoms with Crippen LogP contribution in [-0.4, -0.2) is 30.3 Å². The highest BCUT2D eigenvalue weighted by Crippen LogP contribution is 2.30. The van der Waals surface area contributed by atoms with Gasteiger partial charge in [-0.1, -0.05) is 50.2 Å². The van der Waals surface area contributed by atoms with Gasteiger partial charge in [-0.05, 0) is 31.0 Å². The average molecular weight is 377 g/mol. The Morgan fingerprint density at radius 1 is 1.26 bits per heavy atom. The Labute approximate surface area is 146 Å². The number of Topliss-reactive ketones (excluding diaryl/α,β-unsaturated/α-hetero) is 1. The normalized spacial score (nSPS) is 13.7. The number of ketones is 1. The molecular weight excluding hydrogens is 356 g/mol. The highest BCUT2D eigenvalue weighted by Gasteiger charge is 2.29. The number of hydrogen-bond acceptors (Lipinski definition) is 5. The van der Waals surface area contributed by atoms with Gasteiger partial charge in [0.05, 0.1) is 10.8 Å². The lowest BCUT2D eigenvalue weighted by molar-refractivity contribution is -0.127. The molecule has 0 heterocycles. The van der Waals surface area contributed by atoms with Gasteiger partial charge in [0.15, 0.2) is 15.0 Å². The Morgan fingerprint density at radius 3 is 2.22 bits per heavy atom. The van der Waals surface area contributed by atoms with Gasteiger partial charge in [0.1, 0.15) is 5.78 Å². The smallest absolute Gasteiger partial charge is 0.200 e. The van der Waals surface area contributed by atoms with E-state index in [0.29, 0.717) is 5.56 Å². The van der Waals surface area contributed by atoms with Gasteiger partial charge in [-0.15, -0.1) is 0 Å². The fourth-order valence-corrected chi connectivity index (χ4v) is 3.87. The molecule has 0 N–H and O–H groups in total. The lowest BCUT2D eigenvalue weighted by Crippen LogP contribution is -2.26. The topological polar surface area (TPSA) is 68.3 Å². The molecule has 1 atom stereocenters. The third-order valence-corrected chi connectivity index (χ3v) is 5.62. The van der Waals surface area contributed by atoms with E-state index in [4.69, 9.17) is 11.6 Å². The number of thioether (sulfide) groups is 1. The molecule has 0 bridgehead atoms. The van der Waals surface area contributed by atoms with Crippen molar-refractivity contribution < 1.29 is 18.0 Å². The predicted molar refractivity (Wildman–Crippen MR) is 94.8 cm³/mol. The van der Waals surface area contributed by atoms with Gasteiger partial charge in [-0.3, -0.25) is 9.59 Å². The summed E-state index contributed by atoms with van der Waals surface area (Å²) in [6.45, 7) is 7.09. The van der Waals surface area contributed by atoms with Crippen molar-refractivity contribution in [3.05, 3.63) is 28.8 Å². The zero-order chi connectivity index (χ0) is 18.0. The first-order valence-corrected chi connectivity index (χ1v) is 10.1. The maximum atomic E-state index is 12.3. The minimum Gasteiger partial charge on any atom is -0.299 e. The lowest BCUT2D eigenvalue weighted by Gasteiger charge is -2.20. The monoisotopic (exact) mass is 376 g/mol. The van der Waals surface area contributed by atoms with E-state index in [2.05, 4.69) is 0 Å². The van der Waals surface area contributed by atoms with Crippen LogP contribution in [-0.2, 0) is 25.8 Å². The number of benzene rings is 1. The molecule has 7 heteroatoms. The van der Waals surface area contributed by atoms with Crippen LogP contribution in [0.2, 0.25) is 5.02 Å². The van der Waals surface area contributed by atoms with Crippen LogP contribution in [0.4, 0.5) is 0 Å². The fraction of sp³-hybridized carbons (Fsp3) is 0.500. The van der Waals surface area contributed by atoms with E-state index in [-0.39, 0.29) is 32.0 Å². The van der Waals surface area contributed by atoms with Crippen LogP contribution in [0.5, 0.6) is 0 Å². The molecule has 0 aliphatic heterocycles. The summed E-state index contributed by atoms with van der Waals surface area (Å²) >= 11 is 7.26. The quantitative estimate of drug-likeness (QED) is 0.735. The Hall–Kier alpha value is -0.850. The number of carbonyl (C=O) groups excluding carboxylic acids is 2. The molecule has 0 saturated heterocycles. The van der Waals surface area contributed by atoms with Gasteiger partial charge in [0, 0.05) is 16.0 Å². The van der Waals surface area contributed by atoms with Crippen LogP contribution >= 0.6 is 23.4 Å². The number of halogens is 1. The van der Waals surface area contributed by atoms with Gasteiger partial charge < -0.3 is 0 Å². The first-order chi connectivity index (χ1) is 10.3. The molecule has 23 heavy (non-hydrogen) atoms. The summed E-state index contributed by atoms with van der Waals surface area (Å²) in [5, 5.41) is 0.0426. The predicted octanol–water partition coefficient (Wildman–Crippen LogP) is 3.55. The summed E-state index contributed by atoms with van der Waals surface area (Å²) < 4.78 is 22.8. The highest BCUT2D eigenvalue weighted by molar-refractivity contribution is 8.14. The van der Waals surface area contributed by atoms with Crippen LogP contribution in [0.1, 0.15) is 33.3 Å². The average Bonchev–Trinajstić information content (AvgIpc) is 2.33. The van der Waals surface area contributed by atoms with Gasteiger partial charge >= 0.3 is 0 Å². The van der Waals surface area contributed by atoms with Crippen LogP contribution in [0.15, 0.2) is 23.1 Å². The Morgan fingerprint density at radius 2 is 1.83 bits per heavy atom. The van der Waals surface area contributed by atoms with E-state index in [0.717, 1.165) is 18.0 Å². The molecule has 0 radical (unpaired) electrons. The van der Waals surface area contributed by atoms with Crippen molar-refractivity contribution in [3.63, 3.8) is 0 Å². The van der Waals surface area contributed by atoms with Crippen LogP contribution < -0.4 is 0 Å². The van der Waals surface area contributed by atoms with Crippen molar-refractivity contribution in [1.29, 1.82) is 0 Å². The molecule has 1 aromatic carbocycles. The molecule has 1 unspecified atom stereocenters. The largest absolute Gasteiger partial charge is 0.299 e. The number of hydrogen-bond donors (Lipinski definition) is 0. The molecule has 0 amide bonds. The molecule has 1 rings (SSSR count). The Kier molecular flexibility index (Phi) is 6.47. The zero-order valence-electron chi connectivity index (χ0n) is 13.8. The molecular formula is C16H21ClO4S2. The fourth-order valence-electron chi connectivity index (χ4n) is 1.91. The molecule has 4 nitrogen and oxygen atoms in total. The lowest BCUT2D eigenvalue weighted by atomic mass is 9.97. The maximum Gasteiger partial charge on any atom is 0.200 e. The molecule has 128 valence electrons.